The zero-order valence-electron chi connectivity index (χ0n) is 8.67. The van der Waals surface area contributed by atoms with Gasteiger partial charge in [0.1, 0.15) is 0 Å². The second-order valence-electron chi connectivity index (χ2n) is 3.82. The molecule has 0 aliphatic carbocycles. The zero-order chi connectivity index (χ0) is 9.52. The van der Waals surface area contributed by atoms with Gasteiger partial charge in [0.05, 0.1) is 0 Å². The highest BCUT2D eigenvalue weighted by molar-refractivity contribution is 4.71. The Balaban J connectivity index is 2.22. The molecule has 3 nitrogen and oxygen atoms in total. The van der Waals surface area contributed by atoms with Crippen LogP contribution in [-0.2, 0) is 4.74 Å². The van der Waals surface area contributed by atoms with E-state index in [1.54, 1.807) is 0 Å². The first-order valence-corrected chi connectivity index (χ1v) is 5.32. The summed E-state index contributed by atoms with van der Waals surface area (Å²) in [5.41, 5.74) is 5.49. The van der Waals surface area contributed by atoms with Gasteiger partial charge < -0.3 is 15.4 Å². The molecule has 0 aromatic heterocycles. The standard InChI is InChI=1S/C10H22N2O/c1-12(7-3-6-11)10-4-2-8-13-9-5-10/h10H,2-9,11H2,1H3. The molecule has 1 atom stereocenters. The van der Waals surface area contributed by atoms with Gasteiger partial charge in [-0.05, 0) is 45.8 Å². The molecule has 0 saturated carbocycles. The Morgan fingerprint density at radius 2 is 2.23 bits per heavy atom. The molecule has 0 bridgehead atoms. The highest BCUT2D eigenvalue weighted by atomic mass is 16.5. The van der Waals surface area contributed by atoms with E-state index in [4.69, 9.17) is 10.5 Å². The second-order valence-corrected chi connectivity index (χ2v) is 3.82. The Bertz CT molecular complexity index is 122. The Labute approximate surface area is 81.2 Å². The van der Waals surface area contributed by atoms with Crippen molar-refractivity contribution in [3.05, 3.63) is 0 Å². The first kappa shape index (κ1) is 11.0. The fourth-order valence-electron chi connectivity index (χ4n) is 1.85. The molecule has 2 N–H and O–H groups in total. The minimum atomic E-state index is 0.717. The van der Waals surface area contributed by atoms with Crippen molar-refractivity contribution in [3.63, 3.8) is 0 Å². The average molecular weight is 186 g/mol. The molecule has 0 aromatic carbocycles. The van der Waals surface area contributed by atoms with Crippen molar-refractivity contribution in [2.24, 2.45) is 5.73 Å². The van der Waals surface area contributed by atoms with E-state index in [9.17, 15) is 0 Å². The van der Waals surface area contributed by atoms with E-state index in [2.05, 4.69) is 11.9 Å². The molecule has 0 radical (unpaired) electrons. The maximum atomic E-state index is 5.49. The molecule has 1 aliphatic rings. The molecule has 1 heterocycles. The lowest BCUT2D eigenvalue weighted by Gasteiger charge is -2.26. The Morgan fingerprint density at radius 3 is 3.00 bits per heavy atom. The SMILES string of the molecule is CN(CCCN)C1CCCOCC1. The predicted molar refractivity (Wildman–Crippen MR) is 54.8 cm³/mol. The lowest BCUT2D eigenvalue weighted by Crippen LogP contribution is -2.33. The first-order chi connectivity index (χ1) is 6.34. The van der Waals surface area contributed by atoms with Crippen molar-refractivity contribution in [2.45, 2.75) is 31.7 Å². The van der Waals surface area contributed by atoms with Crippen LogP contribution in [0.25, 0.3) is 0 Å². The van der Waals surface area contributed by atoms with Crippen LogP contribution in [0.5, 0.6) is 0 Å². The van der Waals surface area contributed by atoms with Gasteiger partial charge in [-0.2, -0.15) is 0 Å². The van der Waals surface area contributed by atoms with Crippen molar-refractivity contribution in [3.8, 4) is 0 Å². The maximum Gasteiger partial charge on any atom is 0.0480 e. The summed E-state index contributed by atoms with van der Waals surface area (Å²) >= 11 is 0. The third-order valence-corrected chi connectivity index (χ3v) is 2.76. The minimum absolute atomic E-state index is 0.717. The molecule has 1 rings (SSSR count). The van der Waals surface area contributed by atoms with Crippen LogP contribution in [0.1, 0.15) is 25.7 Å². The summed E-state index contributed by atoms with van der Waals surface area (Å²) in [6, 6.07) is 0.717. The van der Waals surface area contributed by atoms with Gasteiger partial charge in [0, 0.05) is 19.3 Å². The molecular formula is C10H22N2O. The van der Waals surface area contributed by atoms with Crippen LogP contribution in [0.2, 0.25) is 0 Å². The second kappa shape index (κ2) is 6.35. The van der Waals surface area contributed by atoms with Crippen molar-refractivity contribution in [2.75, 3.05) is 33.4 Å². The van der Waals surface area contributed by atoms with Crippen molar-refractivity contribution in [1.82, 2.24) is 4.90 Å². The first-order valence-electron chi connectivity index (χ1n) is 5.32. The van der Waals surface area contributed by atoms with Gasteiger partial charge in [0.15, 0.2) is 0 Å². The smallest absolute Gasteiger partial charge is 0.0480 e. The Kier molecular flexibility index (Phi) is 5.35. The molecule has 78 valence electrons. The van der Waals surface area contributed by atoms with Crippen LogP contribution >= 0.6 is 0 Å². The normalized spacial score (nSPS) is 24.7. The molecule has 0 spiro atoms. The number of nitrogens with zero attached hydrogens (tertiary/aromatic N) is 1. The average Bonchev–Trinajstić information content (AvgIpc) is 2.42. The van der Waals surface area contributed by atoms with Gasteiger partial charge in [-0.3, -0.25) is 0 Å². The van der Waals surface area contributed by atoms with E-state index in [1.165, 1.54) is 19.3 Å². The van der Waals surface area contributed by atoms with E-state index in [-0.39, 0.29) is 0 Å². The molecule has 3 heteroatoms. The van der Waals surface area contributed by atoms with E-state index >= 15 is 0 Å². The number of hydrogen-bond donors (Lipinski definition) is 1. The molecule has 1 aliphatic heterocycles. The molecule has 1 fully saturated rings. The molecule has 0 amide bonds. The number of ether oxygens (including phenoxy) is 1. The van der Waals surface area contributed by atoms with Gasteiger partial charge in [0.25, 0.3) is 0 Å². The quantitative estimate of drug-likeness (QED) is 0.707. The topological polar surface area (TPSA) is 38.5 Å². The number of nitrogens with two attached hydrogens (primary N) is 1. The van der Waals surface area contributed by atoms with Gasteiger partial charge in [0.2, 0.25) is 0 Å². The van der Waals surface area contributed by atoms with Crippen LogP contribution in [0, 0.1) is 0 Å². The van der Waals surface area contributed by atoms with Gasteiger partial charge in [-0.15, -0.1) is 0 Å². The molecular weight excluding hydrogens is 164 g/mol. The Morgan fingerprint density at radius 1 is 1.38 bits per heavy atom. The van der Waals surface area contributed by atoms with Gasteiger partial charge in [-0.1, -0.05) is 0 Å². The fraction of sp³-hybridized carbons (Fsp3) is 1.00. The summed E-state index contributed by atoms with van der Waals surface area (Å²) in [4.78, 5) is 2.43. The van der Waals surface area contributed by atoms with Crippen LogP contribution in [0.15, 0.2) is 0 Å². The maximum absolute atomic E-state index is 5.49. The summed E-state index contributed by atoms with van der Waals surface area (Å²) < 4.78 is 5.43. The molecule has 13 heavy (non-hydrogen) atoms. The molecule has 1 saturated heterocycles. The minimum Gasteiger partial charge on any atom is -0.381 e. The van der Waals surface area contributed by atoms with Crippen LogP contribution < -0.4 is 5.73 Å². The van der Waals surface area contributed by atoms with Crippen molar-refractivity contribution in [1.29, 1.82) is 0 Å². The van der Waals surface area contributed by atoms with Crippen LogP contribution in [0.3, 0.4) is 0 Å². The summed E-state index contributed by atoms with van der Waals surface area (Å²) in [6.45, 7) is 3.80. The van der Waals surface area contributed by atoms with Crippen molar-refractivity contribution < 1.29 is 4.74 Å². The zero-order valence-corrected chi connectivity index (χ0v) is 8.67. The van der Waals surface area contributed by atoms with E-state index in [0.717, 1.165) is 32.7 Å². The molecule has 0 aromatic rings. The summed E-state index contributed by atoms with van der Waals surface area (Å²) in [5, 5.41) is 0. The summed E-state index contributed by atoms with van der Waals surface area (Å²) in [7, 11) is 2.20. The summed E-state index contributed by atoms with van der Waals surface area (Å²) in [6.07, 6.45) is 4.77. The predicted octanol–water partition coefficient (Wildman–Crippen LogP) is 0.836. The van der Waals surface area contributed by atoms with Crippen LogP contribution in [-0.4, -0.2) is 44.3 Å². The van der Waals surface area contributed by atoms with Gasteiger partial charge >= 0.3 is 0 Å². The fourth-order valence-corrected chi connectivity index (χ4v) is 1.85. The monoisotopic (exact) mass is 186 g/mol. The summed E-state index contributed by atoms with van der Waals surface area (Å²) in [5.74, 6) is 0. The highest BCUT2D eigenvalue weighted by Gasteiger charge is 2.16. The highest BCUT2D eigenvalue weighted by Crippen LogP contribution is 2.13. The third-order valence-electron chi connectivity index (χ3n) is 2.76. The third kappa shape index (κ3) is 4.07. The number of rotatable bonds is 4. The largest absolute Gasteiger partial charge is 0.381 e. The number of hydrogen-bond acceptors (Lipinski definition) is 3. The van der Waals surface area contributed by atoms with Gasteiger partial charge in [-0.25, -0.2) is 0 Å². The van der Waals surface area contributed by atoms with Crippen LogP contribution in [0.4, 0.5) is 0 Å². The molecule has 1 unspecified atom stereocenters. The van der Waals surface area contributed by atoms with E-state index in [1.807, 2.05) is 0 Å². The van der Waals surface area contributed by atoms with Crippen molar-refractivity contribution >= 4 is 0 Å². The Hall–Kier alpha value is -0.120. The van der Waals surface area contributed by atoms with E-state index < -0.39 is 0 Å². The van der Waals surface area contributed by atoms with E-state index in [0.29, 0.717) is 6.04 Å². The lowest BCUT2D eigenvalue weighted by atomic mass is 10.1. The lowest BCUT2D eigenvalue weighted by molar-refractivity contribution is 0.135.